The Kier molecular flexibility index (Phi) is 3.93. The minimum atomic E-state index is -0.321. The van der Waals surface area contributed by atoms with Crippen molar-refractivity contribution >= 4 is 15.9 Å². The van der Waals surface area contributed by atoms with E-state index in [1.807, 2.05) is 13.0 Å². The second kappa shape index (κ2) is 5.72. The maximum atomic E-state index is 13.6. The Bertz CT molecular complexity index is 715. The Morgan fingerprint density at radius 3 is 2.67 bits per heavy atom. The van der Waals surface area contributed by atoms with Crippen LogP contribution in [0, 0.1) is 12.7 Å². The summed E-state index contributed by atoms with van der Waals surface area (Å²) in [6.45, 7) is 1.82. The van der Waals surface area contributed by atoms with Crippen molar-refractivity contribution in [2.45, 2.75) is 38.5 Å². The van der Waals surface area contributed by atoms with Crippen molar-refractivity contribution in [3.05, 3.63) is 50.1 Å². The first-order valence-electron chi connectivity index (χ1n) is 7.12. The average molecular weight is 351 g/mol. The Morgan fingerprint density at radius 1 is 1.29 bits per heavy atom. The number of nitrogens with one attached hydrogen (secondary N) is 1. The first-order valence-corrected chi connectivity index (χ1v) is 7.91. The van der Waals surface area contributed by atoms with Gasteiger partial charge in [0.25, 0.3) is 5.56 Å². The van der Waals surface area contributed by atoms with Crippen LogP contribution in [0.1, 0.15) is 42.9 Å². The minimum Gasteiger partial charge on any atom is -0.306 e. The zero-order valence-corrected chi connectivity index (χ0v) is 13.3. The second-order valence-electron chi connectivity index (χ2n) is 5.61. The lowest BCUT2D eigenvalue weighted by atomic mass is 10.0. The number of nitrogens with zero attached hydrogens (tertiary/aromatic N) is 1. The largest absolute Gasteiger partial charge is 0.306 e. The molecule has 1 fully saturated rings. The van der Waals surface area contributed by atoms with Crippen molar-refractivity contribution in [2.24, 2.45) is 0 Å². The molecule has 1 aromatic carbocycles. The molecule has 21 heavy (non-hydrogen) atoms. The van der Waals surface area contributed by atoms with Crippen LogP contribution in [0.25, 0.3) is 11.4 Å². The van der Waals surface area contributed by atoms with Crippen molar-refractivity contribution in [3.63, 3.8) is 0 Å². The molecule has 5 heteroatoms. The molecule has 2 aromatic rings. The zero-order chi connectivity index (χ0) is 15.0. The van der Waals surface area contributed by atoms with E-state index in [-0.39, 0.29) is 11.4 Å². The first-order chi connectivity index (χ1) is 10.0. The maximum Gasteiger partial charge on any atom is 0.265 e. The van der Waals surface area contributed by atoms with Crippen molar-refractivity contribution in [2.75, 3.05) is 0 Å². The van der Waals surface area contributed by atoms with E-state index in [2.05, 4.69) is 25.9 Å². The Labute approximate surface area is 130 Å². The van der Waals surface area contributed by atoms with Crippen LogP contribution in [0.4, 0.5) is 4.39 Å². The number of benzene rings is 1. The number of halogens is 2. The highest BCUT2D eigenvalue weighted by Crippen LogP contribution is 2.36. The normalized spacial score (nSPS) is 15.6. The summed E-state index contributed by atoms with van der Waals surface area (Å²) in [5.41, 5.74) is 2.01. The van der Waals surface area contributed by atoms with E-state index in [0.717, 1.165) is 24.1 Å². The van der Waals surface area contributed by atoms with Gasteiger partial charge in [0.2, 0.25) is 0 Å². The van der Waals surface area contributed by atoms with Crippen LogP contribution in [-0.4, -0.2) is 9.97 Å². The van der Waals surface area contributed by atoms with Gasteiger partial charge in [0.15, 0.2) is 0 Å². The summed E-state index contributed by atoms with van der Waals surface area (Å²) in [6, 6.07) is 4.68. The molecular weight excluding hydrogens is 335 g/mol. The van der Waals surface area contributed by atoms with Crippen molar-refractivity contribution < 1.29 is 4.39 Å². The van der Waals surface area contributed by atoms with E-state index in [1.165, 1.54) is 25.0 Å². The van der Waals surface area contributed by atoms with Crippen LogP contribution >= 0.6 is 15.9 Å². The molecule has 0 atom stereocenters. The second-order valence-corrected chi connectivity index (χ2v) is 6.41. The zero-order valence-electron chi connectivity index (χ0n) is 11.7. The molecule has 0 saturated heterocycles. The summed E-state index contributed by atoms with van der Waals surface area (Å²) in [5.74, 6) is 0.431. The lowest BCUT2D eigenvalue weighted by molar-refractivity contribution is 0.627. The van der Waals surface area contributed by atoms with Gasteiger partial charge in [-0.15, -0.1) is 0 Å². The van der Waals surface area contributed by atoms with Crippen molar-refractivity contribution in [1.29, 1.82) is 0 Å². The summed E-state index contributed by atoms with van der Waals surface area (Å²) in [4.78, 5) is 19.5. The van der Waals surface area contributed by atoms with Crippen LogP contribution < -0.4 is 5.56 Å². The van der Waals surface area contributed by atoms with Crippen molar-refractivity contribution in [3.8, 4) is 11.4 Å². The molecule has 1 aromatic heterocycles. The van der Waals surface area contributed by atoms with Crippen LogP contribution in [0.5, 0.6) is 0 Å². The highest BCUT2D eigenvalue weighted by Gasteiger charge is 2.23. The molecule has 3 rings (SSSR count). The van der Waals surface area contributed by atoms with E-state index >= 15 is 0 Å². The molecule has 1 aliphatic carbocycles. The summed E-state index contributed by atoms with van der Waals surface area (Å²) in [5, 5.41) is 0. The number of hydrogen-bond acceptors (Lipinski definition) is 2. The fourth-order valence-corrected chi connectivity index (χ4v) is 3.47. The molecule has 0 aliphatic heterocycles. The third kappa shape index (κ3) is 2.93. The third-order valence-electron chi connectivity index (χ3n) is 3.95. The van der Waals surface area contributed by atoms with E-state index in [4.69, 9.17) is 0 Å². The molecule has 0 unspecified atom stereocenters. The van der Waals surface area contributed by atoms with Gasteiger partial charge < -0.3 is 4.98 Å². The minimum absolute atomic E-state index is 0.205. The van der Waals surface area contributed by atoms with Crippen LogP contribution in [0.3, 0.4) is 0 Å². The van der Waals surface area contributed by atoms with E-state index in [0.29, 0.717) is 21.8 Å². The summed E-state index contributed by atoms with van der Waals surface area (Å²) >= 11 is 3.35. The van der Waals surface area contributed by atoms with Crippen LogP contribution in [-0.2, 0) is 0 Å². The monoisotopic (exact) mass is 350 g/mol. The maximum absolute atomic E-state index is 13.6. The van der Waals surface area contributed by atoms with Gasteiger partial charge in [-0.1, -0.05) is 12.8 Å². The number of aromatic nitrogens is 2. The van der Waals surface area contributed by atoms with E-state index in [1.54, 1.807) is 0 Å². The molecule has 1 N–H and O–H groups in total. The number of H-pyrrole nitrogens is 1. The standard InChI is InChI=1S/C16H16BrFN2O/c1-9-6-11(8-12(18)7-9)15-19-14(10-4-2-3-5-10)13(17)16(21)20-15/h6-8,10H,2-5H2,1H3,(H,19,20,21). The Morgan fingerprint density at radius 2 is 2.00 bits per heavy atom. The number of rotatable bonds is 2. The third-order valence-corrected chi connectivity index (χ3v) is 4.71. The number of aromatic amines is 1. The number of hydrogen-bond donors (Lipinski definition) is 1. The van der Waals surface area contributed by atoms with Gasteiger partial charge in [0, 0.05) is 11.5 Å². The van der Waals surface area contributed by atoms with Gasteiger partial charge in [-0.2, -0.15) is 0 Å². The topological polar surface area (TPSA) is 45.8 Å². The van der Waals surface area contributed by atoms with Crippen molar-refractivity contribution in [1.82, 2.24) is 9.97 Å². The molecule has 0 spiro atoms. The van der Waals surface area contributed by atoms with Crippen LogP contribution in [0.2, 0.25) is 0 Å². The SMILES string of the molecule is Cc1cc(F)cc(-c2nc(C3CCCC3)c(Br)c(=O)[nH]2)c1. The molecule has 0 radical (unpaired) electrons. The summed E-state index contributed by atoms with van der Waals surface area (Å²) in [6.07, 6.45) is 4.44. The fourth-order valence-electron chi connectivity index (χ4n) is 2.96. The van der Waals surface area contributed by atoms with Gasteiger partial charge >= 0.3 is 0 Å². The molecule has 3 nitrogen and oxygen atoms in total. The molecule has 1 aliphatic rings. The predicted octanol–water partition coefficient (Wildman–Crippen LogP) is 4.30. The van der Waals surface area contributed by atoms with E-state index < -0.39 is 0 Å². The van der Waals surface area contributed by atoms with Gasteiger partial charge in [-0.25, -0.2) is 9.37 Å². The predicted molar refractivity (Wildman–Crippen MR) is 83.9 cm³/mol. The number of aryl methyl sites for hydroxylation is 1. The molecule has 1 heterocycles. The van der Waals surface area contributed by atoms with Gasteiger partial charge in [-0.3, -0.25) is 4.79 Å². The Balaban J connectivity index is 2.12. The summed E-state index contributed by atoms with van der Waals surface area (Å²) in [7, 11) is 0. The van der Waals surface area contributed by atoms with Crippen LogP contribution in [0.15, 0.2) is 27.5 Å². The van der Waals surface area contributed by atoms with E-state index in [9.17, 15) is 9.18 Å². The van der Waals surface area contributed by atoms with Gasteiger partial charge in [-0.05, 0) is 59.5 Å². The molecule has 1 saturated carbocycles. The molecule has 110 valence electrons. The fraction of sp³-hybridized carbons (Fsp3) is 0.375. The van der Waals surface area contributed by atoms with Gasteiger partial charge in [0.1, 0.15) is 16.1 Å². The highest BCUT2D eigenvalue weighted by atomic mass is 79.9. The van der Waals surface area contributed by atoms with Gasteiger partial charge in [0.05, 0.1) is 5.69 Å². The molecule has 0 bridgehead atoms. The Hall–Kier alpha value is -1.49. The lowest BCUT2D eigenvalue weighted by Gasteiger charge is -2.12. The lowest BCUT2D eigenvalue weighted by Crippen LogP contribution is -2.15. The molecule has 0 amide bonds. The quantitative estimate of drug-likeness (QED) is 0.877. The smallest absolute Gasteiger partial charge is 0.265 e. The molecular formula is C16H16BrFN2O. The summed E-state index contributed by atoms with van der Waals surface area (Å²) < 4.78 is 14.1. The average Bonchev–Trinajstić information content (AvgIpc) is 2.94. The highest BCUT2D eigenvalue weighted by molar-refractivity contribution is 9.10. The first kappa shape index (κ1) is 14.4.